The Labute approximate surface area is 146 Å². The Morgan fingerprint density at radius 2 is 1.76 bits per heavy atom. The Kier molecular flexibility index (Phi) is 7.13. The lowest BCUT2D eigenvalue weighted by Gasteiger charge is -2.09. The molecule has 0 radical (unpaired) electrons. The van der Waals surface area contributed by atoms with Crippen LogP contribution in [0.15, 0.2) is 48.5 Å². The van der Waals surface area contributed by atoms with Crippen LogP contribution in [0.3, 0.4) is 0 Å². The van der Waals surface area contributed by atoms with Gasteiger partial charge in [-0.2, -0.15) is 5.26 Å². The van der Waals surface area contributed by atoms with Gasteiger partial charge in [-0.05, 0) is 49.4 Å². The van der Waals surface area contributed by atoms with Gasteiger partial charge in [0, 0.05) is 0 Å². The molecule has 2 aromatic carbocycles. The van der Waals surface area contributed by atoms with Crippen molar-refractivity contribution in [2.24, 2.45) is 0 Å². The fourth-order valence-electron chi connectivity index (χ4n) is 2.01. The molecule has 6 heteroatoms. The van der Waals surface area contributed by atoms with Crippen LogP contribution in [0.4, 0.5) is 0 Å². The first kappa shape index (κ1) is 18.1. The molecular weight excluding hydrogens is 320 g/mol. The second-order valence-electron chi connectivity index (χ2n) is 5.03. The van der Waals surface area contributed by atoms with Crippen molar-refractivity contribution in [2.75, 3.05) is 26.4 Å². The minimum absolute atomic E-state index is 0.113. The average Bonchev–Trinajstić information content (AvgIpc) is 2.65. The quantitative estimate of drug-likeness (QED) is 0.710. The number of nitriles is 1. The number of benzene rings is 2. The van der Waals surface area contributed by atoms with E-state index in [-0.39, 0.29) is 12.5 Å². The molecule has 0 saturated carbocycles. The maximum Gasteiger partial charge on any atom is 0.258 e. The molecule has 25 heavy (non-hydrogen) atoms. The zero-order valence-electron chi connectivity index (χ0n) is 14.0. The van der Waals surface area contributed by atoms with Crippen molar-refractivity contribution in [2.45, 2.75) is 6.92 Å². The number of carbonyl (C=O) groups is 1. The zero-order chi connectivity index (χ0) is 17.9. The van der Waals surface area contributed by atoms with Crippen LogP contribution in [0.1, 0.15) is 12.5 Å². The third-order valence-corrected chi connectivity index (χ3v) is 3.16. The third kappa shape index (κ3) is 6.43. The molecule has 0 spiro atoms. The predicted molar refractivity (Wildman–Crippen MR) is 92.8 cm³/mol. The van der Waals surface area contributed by atoms with Gasteiger partial charge < -0.3 is 19.5 Å². The number of rotatable bonds is 9. The molecule has 2 rings (SSSR count). The summed E-state index contributed by atoms with van der Waals surface area (Å²) in [6.07, 6.45) is 0. The van der Waals surface area contributed by atoms with Crippen LogP contribution in [0, 0.1) is 11.3 Å². The van der Waals surface area contributed by atoms with E-state index in [1.54, 1.807) is 24.3 Å². The summed E-state index contributed by atoms with van der Waals surface area (Å²) in [6, 6.07) is 16.0. The Morgan fingerprint density at radius 1 is 1.04 bits per heavy atom. The molecule has 0 aliphatic rings. The molecule has 0 fully saturated rings. The molecule has 0 aromatic heterocycles. The molecular formula is C19H20N2O4. The minimum Gasteiger partial charge on any atom is -0.494 e. The zero-order valence-corrected chi connectivity index (χ0v) is 14.0. The Balaban J connectivity index is 1.64. The molecule has 0 atom stereocenters. The van der Waals surface area contributed by atoms with E-state index in [9.17, 15) is 4.79 Å². The predicted octanol–water partition coefficient (Wildman–Crippen LogP) is 2.53. The first-order valence-electron chi connectivity index (χ1n) is 7.96. The van der Waals surface area contributed by atoms with Crippen molar-refractivity contribution in [3.8, 4) is 23.3 Å². The van der Waals surface area contributed by atoms with Gasteiger partial charge in [0.1, 0.15) is 23.9 Å². The summed E-state index contributed by atoms with van der Waals surface area (Å²) in [6.45, 7) is 3.15. The fourth-order valence-corrected chi connectivity index (χ4v) is 2.01. The lowest BCUT2D eigenvalue weighted by molar-refractivity contribution is -0.123. The molecule has 0 aliphatic carbocycles. The van der Waals surface area contributed by atoms with Crippen LogP contribution >= 0.6 is 0 Å². The van der Waals surface area contributed by atoms with E-state index in [0.29, 0.717) is 36.8 Å². The van der Waals surface area contributed by atoms with Crippen LogP contribution in [0.2, 0.25) is 0 Å². The summed E-state index contributed by atoms with van der Waals surface area (Å²) in [5, 5.41) is 11.5. The summed E-state index contributed by atoms with van der Waals surface area (Å²) >= 11 is 0. The Hall–Kier alpha value is -3.20. The molecule has 1 N–H and O–H groups in total. The average molecular weight is 340 g/mol. The van der Waals surface area contributed by atoms with E-state index >= 15 is 0 Å². The normalized spacial score (nSPS) is 9.76. The van der Waals surface area contributed by atoms with Gasteiger partial charge in [-0.1, -0.05) is 6.07 Å². The number of hydrogen-bond acceptors (Lipinski definition) is 5. The first-order chi connectivity index (χ1) is 12.2. The lowest BCUT2D eigenvalue weighted by Crippen LogP contribution is -2.32. The van der Waals surface area contributed by atoms with Crippen molar-refractivity contribution in [3.05, 3.63) is 54.1 Å². The van der Waals surface area contributed by atoms with Gasteiger partial charge in [-0.3, -0.25) is 4.79 Å². The second kappa shape index (κ2) is 9.83. The van der Waals surface area contributed by atoms with Gasteiger partial charge in [0.15, 0.2) is 6.61 Å². The number of hydrogen-bond donors (Lipinski definition) is 1. The van der Waals surface area contributed by atoms with Gasteiger partial charge in [0.2, 0.25) is 0 Å². The van der Waals surface area contributed by atoms with Crippen LogP contribution in [0.5, 0.6) is 17.2 Å². The number of ether oxygens (including phenoxy) is 3. The molecule has 6 nitrogen and oxygen atoms in total. The maximum absolute atomic E-state index is 11.7. The SMILES string of the molecule is CCOc1ccc(OCCNC(=O)COc2cccc(C#N)c2)cc1. The van der Waals surface area contributed by atoms with Gasteiger partial charge in [-0.25, -0.2) is 0 Å². The fraction of sp³-hybridized carbons (Fsp3) is 0.263. The summed E-state index contributed by atoms with van der Waals surface area (Å²) in [5.74, 6) is 1.74. The number of amides is 1. The van der Waals surface area contributed by atoms with E-state index in [1.807, 2.05) is 37.3 Å². The highest BCUT2D eigenvalue weighted by molar-refractivity contribution is 5.77. The number of nitrogens with one attached hydrogen (secondary N) is 1. The van der Waals surface area contributed by atoms with Gasteiger partial charge in [-0.15, -0.1) is 0 Å². The monoisotopic (exact) mass is 340 g/mol. The summed E-state index contributed by atoms with van der Waals surface area (Å²) in [4.78, 5) is 11.7. The summed E-state index contributed by atoms with van der Waals surface area (Å²) in [5.41, 5.74) is 0.488. The van der Waals surface area contributed by atoms with Crippen LogP contribution < -0.4 is 19.5 Å². The van der Waals surface area contributed by atoms with Crippen LogP contribution in [-0.4, -0.2) is 32.3 Å². The molecule has 2 aromatic rings. The molecule has 0 bridgehead atoms. The highest BCUT2D eigenvalue weighted by atomic mass is 16.5. The topological polar surface area (TPSA) is 80.6 Å². The summed E-state index contributed by atoms with van der Waals surface area (Å²) < 4.78 is 16.2. The van der Waals surface area contributed by atoms with E-state index in [2.05, 4.69) is 5.32 Å². The standard InChI is InChI=1S/C19H20N2O4/c1-2-23-16-6-8-17(9-7-16)24-11-10-21-19(22)14-25-18-5-3-4-15(12-18)13-20/h3-9,12H,2,10-11,14H2,1H3,(H,21,22). The number of nitrogens with zero attached hydrogens (tertiary/aromatic N) is 1. The Morgan fingerprint density at radius 3 is 2.44 bits per heavy atom. The van der Waals surface area contributed by atoms with Crippen molar-refractivity contribution in [1.82, 2.24) is 5.32 Å². The van der Waals surface area contributed by atoms with E-state index in [4.69, 9.17) is 19.5 Å². The van der Waals surface area contributed by atoms with Crippen molar-refractivity contribution in [1.29, 1.82) is 5.26 Å². The number of carbonyl (C=O) groups excluding carboxylic acids is 1. The molecule has 0 unspecified atom stereocenters. The second-order valence-corrected chi connectivity index (χ2v) is 5.03. The maximum atomic E-state index is 11.7. The van der Waals surface area contributed by atoms with Crippen LogP contribution in [0.25, 0.3) is 0 Å². The van der Waals surface area contributed by atoms with Crippen molar-refractivity contribution < 1.29 is 19.0 Å². The van der Waals surface area contributed by atoms with Gasteiger partial charge in [0.05, 0.1) is 24.8 Å². The smallest absolute Gasteiger partial charge is 0.258 e. The molecule has 1 amide bonds. The van der Waals surface area contributed by atoms with Gasteiger partial charge in [0.25, 0.3) is 5.91 Å². The highest BCUT2D eigenvalue weighted by Gasteiger charge is 2.03. The highest BCUT2D eigenvalue weighted by Crippen LogP contribution is 2.17. The van der Waals surface area contributed by atoms with E-state index < -0.39 is 0 Å². The largest absolute Gasteiger partial charge is 0.494 e. The molecule has 0 saturated heterocycles. The van der Waals surface area contributed by atoms with Crippen molar-refractivity contribution >= 4 is 5.91 Å². The van der Waals surface area contributed by atoms with Crippen LogP contribution in [-0.2, 0) is 4.79 Å². The van der Waals surface area contributed by atoms with Crippen molar-refractivity contribution in [3.63, 3.8) is 0 Å². The lowest BCUT2D eigenvalue weighted by atomic mass is 10.2. The first-order valence-corrected chi connectivity index (χ1v) is 7.96. The van der Waals surface area contributed by atoms with Gasteiger partial charge >= 0.3 is 0 Å². The minimum atomic E-state index is -0.252. The molecule has 130 valence electrons. The molecule has 0 heterocycles. The Bertz CT molecular complexity index is 723. The van der Waals surface area contributed by atoms with E-state index in [1.165, 1.54) is 0 Å². The molecule has 0 aliphatic heterocycles. The third-order valence-electron chi connectivity index (χ3n) is 3.16. The van der Waals surface area contributed by atoms with E-state index in [0.717, 1.165) is 5.75 Å². The summed E-state index contributed by atoms with van der Waals surface area (Å²) in [7, 11) is 0.